The molecule has 1 aliphatic rings. The summed E-state index contributed by atoms with van der Waals surface area (Å²) in [5.74, 6) is 0.452. The Morgan fingerprint density at radius 1 is 1.35 bits per heavy atom. The van der Waals surface area contributed by atoms with Crippen molar-refractivity contribution in [2.75, 3.05) is 11.9 Å². The Morgan fingerprint density at radius 3 is 2.88 bits per heavy atom. The maximum absolute atomic E-state index is 11.9. The van der Waals surface area contributed by atoms with Crippen molar-refractivity contribution >= 4 is 22.5 Å². The summed E-state index contributed by atoms with van der Waals surface area (Å²) in [4.78, 5) is 18.0. The lowest BCUT2D eigenvalue weighted by atomic mass is 10.2. The van der Waals surface area contributed by atoms with E-state index in [-0.39, 0.29) is 11.8 Å². The highest BCUT2D eigenvalue weighted by molar-refractivity contribution is 5.97. The van der Waals surface area contributed by atoms with Crippen LogP contribution in [0.5, 0.6) is 0 Å². The number of carbonyl (C=O) groups is 1. The molecule has 0 atom stereocenters. The number of para-hydroxylation sites is 1. The maximum atomic E-state index is 11.9. The quantitative estimate of drug-likeness (QED) is 0.788. The van der Waals surface area contributed by atoms with Crippen LogP contribution >= 0.6 is 0 Å². The van der Waals surface area contributed by atoms with Crippen LogP contribution in [0.25, 0.3) is 10.9 Å². The normalized spacial score (nSPS) is 14.9. The molecule has 1 fully saturated rings. The molecule has 1 aromatic carbocycles. The number of rotatable bonds is 2. The lowest BCUT2D eigenvalue weighted by Gasteiger charge is -2.17. The van der Waals surface area contributed by atoms with Crippen molar-refractivity contribution in [1.29, 1.82) is 0 Å². The number of hydrogen-bond donors (Lipinski definition) is 0. The van der Waals surface area contributed by atoms with E-state index in [1.54, 1.807) is 11.1 Å². The smallest absolute Gasteiger partial charge is 0.229 e. The van der Waals surface area contributed by atoms with E-state index in [0.29, 0.717) is 0 Å². The second-order valence-electron chi connectivity index (χ2n) is 4.56. The number of carbonyl (C=O) groups excluding carboxylic acids is 1. The third-order valence-corrected chi connectivity index (χ3v) is 3.22. The van der Waals surface area contributed by atoms with Crippen LogP contribution in [0.1, 0.15) is 12.8 Å². The van der Waals surface area contributed by atoms with Gasteiger partial charge in [0.15, 0.2) is 0 Å². The van der Waals surface area contributed by atoms with E-state index in [9.17, 15) is 4.79 Å². The molecular formula is C14H14N2O. The zero-order valence-electron chi connectivity index (χ0n) is 9.76. The Bertz CT molecular complexity index is 575. The molecular weight excluding hydrogens is 212 g/mol. The summed E-state index contributed by atoms with van der Waals surface area (Å²) in [6.07, 6.45) is 3.83. The van der Waals surface area contributed by atoms with Gasteiger partial charge in [-0.25, -0.2) is 0 Å². The first kappa shape index (κ1) is 10.3. The molecule has 17 heavy (non-hydrogen) atoms. The summed E-state index contributed by atoms with van der Waals surface area (Å²) in [6.45, 7) is 0. The van der Waals surface area contributed by atoms with E-state index < -0.39 is 0 Å². The number of amides is 1. The van der Waals surface area contributed by atoms with Crippen LogP contribution in [-0.4, -0.2) is 17.9 Å². The van der Waals surface area contributed by atoms with Crippen molar-refractivity contribution < 1.29 is 4.79 Å². The highest BCUT2D eigenvalue weighted by Gasteiger charge is 2.32. The molecule has 0 unspecified atom stereocenters. The van der Waals surface area contributed by atoms with Crippen LogP contribution in [0.3, 0.4) is 0 Å². The third kappa shape index (κ3) is 1.88. The van der Waals surface area contributed by atoms with Crippen LogP contribution in [0, 0.1) is 5.92 Å². The molecule has 2 aromatic rings. The predicted molar refractivity (Wildman–Crippen MR) is 67.9 cm³/mol. The Hall–Kier alpha value is -1.90. The number of anilines is 1. The molecule has 1 saturated carbocycles. The zero-order valence-corrected chi connectivity index (χ0v) is 9.76. The Kier molecular flexibility index (Phi) is 2.32. The minimum atomic E-state index is 0.210. The first-order chi connectivity index (χ1) is 8.25. The molecule has 0 N–H and O–H groups in total. The van der Waals surface area contributed by atoms with Gasteiger partial charge in [-0.2, -0.15) is 0 Å². The topological polar surface area (TPSA) is 33.2 Å². The molecule has 3 rings (SSSR count). The van der Waals surface area contributed by atoms with Gasteiger partial charge in [0.05, 0.1) is 17.4 Å². The fourth-order valence-corrected chi connectivity index (χ4v) is 1.97. The number of benzene rings is 1. The molecule has 3 nitrogen and oxygen atoms in total. The van der Waals surface area contributed by atoms with E-state index in [1.807, 2.05) is 37.4 Å². The van der Waals surface area contributed by atoms with Crippen molar-refractivity contribution in [1.82, 2.24) is 4.98 Å². The van der Waals surface area contributed by atoms with E-state index in [2.05, 4.69) is 4.98 Å². The fourth-order valence-electron chi connectivity index (χ4n) is 1.97. The Balaban J connectivity index is 1.96. The molecule has 1 heterocycles. The Morgan fingerprint density at radius 2 is 2.12 bits per heavy atom. The van der Waals surface area contributed by atoms with Crippen LogP contribution in [0.4, 0.5) is 5.69 Å². The average molecular weight is 226 g/mol. The SMILES string of the molecule is CN(C(=O)C1CC1)c1cnc2ccccc2c1. The summed E-state index contributed by atoms with van der Waals surface area (Å²) in [5.41, 5.74) is 1.84. The molecule has 0 spiro atoms. The molecule has 1 aliphatic carbocycles. The van der Waals surface area contributed by atoms with Crippen molar-refractivity contribution in [3.63, 3.8) is 0 Å². The third-order valence-electron chi connectivity index (χ3n) is 3.22. The Labute approximate surface area is 100 Å². The lowest BCUT2D eigenvalue weighted by Crippen LogP contribution is -2.27. The second kappa shape index (κ2) is 3.84. The highest BCUT2D eigenvalue weighted by Crippen LogP contribution is 2.32. The lowest BCUT2D eigenvalue weighted by molar-refractivity contribution is -0.119. The summed E-state index contributed by atoms with van der Waals surface area (Å²) < 4.78 is 0. The number of fused-ring (bicyclic) bond motifs is 1. The molecule has 0 bridgehead atoms. The average Bonchev–Trinajstić information content (AvgIpc) is 3.21. The van der Waals surface area contributed by atoms with Gasteiger partial charge in [-0.15, -0.1) is 0 Å². The molecule has 0 radical (unpaired) electrons. The summed E-state index contributed by atoms with van der Waals surface area (Å²) in [7, 11) is 1.83. The molecule has 1 aromatic heterocycles. The van der Waals surface area contributed by atoms with Gasteiger partial charge in [-0.05, 0) is 25.0 Å². The summed E-state index contributed by atoms with van der Waals surface area (Å²) in [5, 5.41) is 1.07. The number of pyridine rings is 1. The van der Waals surface area contributed by atoms with Gasteiger partial charge in [-0.1, -0.05) is 18.2 Å². The maximum Gasteiger partial charge on any atom is 0.229 e. The van der Waals surface area contributed by atoms with Gasteiger partial charge in [0.1, 0.15) is 0 Å². The van der Waals surface area contributed by atoms with Crippen molar-refractivity contribution in [3.8, 4) is 0 Å². The van der Waals surface area contributed by atoms with Crippen LogP contribution in [-0.2, 0) is 4.79 Å². The molecule has 1 amide bonds. The van der Waals surface area contributed by atoms with E-state index >= 15 is 0 Å². The molecule has 86 valence electrons. The van der Waals surface area contributed by atoms with Crippen LogP contribution in [0.2, 0.25) is 0 Å². The first-order valence-electron chi connectivity index (χ1n) is 5.88. The summed E-state index contributed by atoms with van der Waals surface area (Å²) in [6, 6.07) is 9.95. The van der Waals surface area contributed by atoms with E-state index in [4.69, 9.17) is 0 Å². The number of hydrogen-bond acceptors (Lipinski definition) is 2. The van der Waals surface area contributed by atoms with E-state index in [1.165, 1.54) is 0 Å². The zero-order chi connectivity index (χ0) is 11.8. The van der Waals surface area contributed by atoms with Gasteiger partial charge in [-0.3, -0.25) is 9.78 Å². The summed E-state index contributed by atoms with van der Waals surface area (Å²) >= 11 is 0. The minimum Gasteiger partial charge on any atom is -0.314 e. The molecule has 0 aliphatic heterocycles. The van der Waals surface area contributed by atoms with Gasteiger partial charge in [0.2, 0.25) is 5.91 Å². The highest BCUT2D eigenvalue weighted by atomic mass is 16.2. The van der Waals surface area contributed by atoms with Gasteiger partial charge < -0.3 is 4.90 Å². The second-order valence-corrected chi connectivity index (χ2v) is 4.56. The molecule has 3 heteroatoms. The largest absolute Gasteiger partial charge is 0.314 e. The molecule has 0 saturated heterocycles. The van der Waals surface area contributed by atoms with Gasteiger partial charge in [0, 0.05) is 18.4 Å². The minimum absolute atomic E-state index is 0.210. The van der Waals surface area contributed by atoms with E-state index in [0.717, 1.165) is 29.4 Å². The van der Waals surface area contributed by atoms with Gasteiger partial charge in [0.25, 0.3) is 0 Å². The number of aromatic nitrogens is 1. The van der Waals surface area contributed by atoms with Crippen LogP contribution < -0.4 is 4.90 Å². The van der Waals surface area contributed by atoms with Crippen molar-refractivity contribution in [2.24, 2.45) is 5.92 Å². The van der Waals surface area contributed by atoms with Crippen LogP contribution in [0.15, 0.2) is 36.5 Å². The standard InChI is InChI=1S/C14H14N2O/c1-16(14(17)10-6-7-10)12-8-11-4-2-3-5-13(11)15-9-12/h2-5,8-10H,6-7H2,1H3. The predicted octanol–water partition coefficient (Wildman–Crippen LogP) is 2.61. The fraction of sp³-hybridized carbons (Fsp3) is 0.286. The van der Waals surface area contributed by atoms with Crippen molar-refractivity contribution in [3.05, 3.63) is 36.5 Å². The van der Waals surface area contributed by atoms with Crippen molar-refractivity contribution in [2.45, 2.75) is 12.8 Å². The first-order valence-corrected chi connectivity index (χ1v) is 5.88. The van der Waals surface area contributed by atoms with Gasteiger partial charge >= 0.3 is 0 Å². The monoisotopic (exact) mass is 226 g/mol. The number of nitrogens with zero attached hydrogens (tertiary/aromatic N) is 2.